The maximum atomic E-state index is 9.45. The Morgan fingerprint density at radius 3 is 2.81 bits per heavy atom. The maximum Gasteiger partial charge on any atom is 0.0538 e. The first-order valence-corrected chi connectivity index (χ1v) is 7.17. The van der Waals surface area contributed by atoms with Crippen LogP contribution in [0, 0.1) is 5.92 Å². The van der Waals surface area contributed by atoms with Gasteiger partial charge in [0.05, 0.1) is 6.10 Å². The highest BCUT2D eigenvalue weighted by atomic mass is 16.3. The van der Waals surface area contributed by atoms with Crippen LogP contribution in [0.2, 0.25) is 0 Å². The van der Waals surface area contributed by atoms with E-state index in [0.29, 0.717) is 0 Å². The molecule has 3 unspecified atom stereocenters. The molecule has 0 aromatic rings. The van der Waals surface area contributed by atoms with Gasteiger partial charge in [0.1, 0.15) is 0 Å². The van der Waals surface area contributed by atoms with Crippen LogP contribution in [-0.2, 0) is 0 Å². The Bertz CT molecular complexity index is 172. The molecule has 0 aliphatic heterocycles. The molecule has 0 aromatic heterocycles. The number of nitrogens with one attached hydrogen (secondary N) is 1. The van der Waals surface area contributed by atoms with Crippen LogP contribution >= 0.6 is 0 Å². The van der Waals surface area contributed by atoms with E-state index in [1.54, 1.807) is 0 Å². The third kappa shape index (κ3) is 5.31. The smallest absolute Gasteiger partial charge is 0.0538 e. The van der Waals surface area contributed by atoms with Crippen molar-refractivity contribution in [3.8, 4) is 0 Å². The molecule has 2 N–H and O–H groups in total. The lowest BCUT2D eigenvalue weighted by Crippen LogP contribution is -2.34. The lowest BCUT2D eigenvalue weighted by molar-refractivity contribution is 0.156. The molecule has 0 bridgehead atoms. The SMILES string of the molecule is CCC(O)CCCNC1CCCC(CC)C1. The van der Waals surface area contributed by atoms with Crippen molar-refractivity contribution in [3.63, 3.8) is 0 Å². The van der Waals surface area contributed by atoms with Gasteiger partial charge in [-0.2, -0.15) is 0 Å². The summed E-state index contributed by atoms with van der Waals surface area (Å²) in [7, 11) is 0. The number of aliphatic hydroxyl groups excluding tert-OH is 1. The fourth-order valence-electron chi connectivity index (χ4n) is 2.70. The molecule has 0 saturated heterocycles. The Labute approximate surface area is 101 Å². The molecule has 2 heteroatoms. The van der Waals surface area contributed by atoms with Crippen molar-refractivity contribution in [2.45, 2.75) is 77.4 Å². The standard InChI is InChI=1S/C14H29NO/c1-3-12-7-5-8-13(11-12)15-10-6-9-14(16)4-2/h12-16H,3-11H2,1-2H3. The van der Waals surface area contributed by atoms with Crippen molar-refractivity contribution in [1.29, 1.82) is 0 Å². The highest BCUT2D eigenvalue weighted by molar-refractivity contribution is 4.77. The van der Waals surface area contributed by atoms with E-state index in [1.807, 2.05) is 6.92 Å². The van der Waals surface area contributed by atoms with E-state index >= 15 is 0 Å². The van der Waals surface area contributed by atoms with Crippen LogP contribution in [-0.4, -0.2) is 23.8 Å². The van der Waals surface area contributed by atoms with E-state index in [4.69, 9.17) is 0 Å². The quantitative estimate of drug-likeness (QED) is 0.655. The second kappa shape index (κ2) is 8.08. The van der Waals surface area contributed by atoms with Crippen molar-refractivity contribution >= 4 is 0 Å². The van der Waals surface area contributed by atoms with Gasteiger partial charge in [-0.15, -0.1) is 0 Å². The summed E-state index contributed by atoms with van der Waals surface area (Å²) < 4.78 is 0. The predicted molar refractivity (Wildman–Crippen MR) is 69.6 cm³/mol. The molecule has 0 radical (unpaired) electrons. The third-order valence-corrected chi connectivity index (χ3v) is 3.98. The summed E-state index contributed by atoms with van der Waals surface area (Å²) in [5.74, 6) is 0.951. The van der Waals surface area contributed by atoms with E-state index in [0.717, 1.165) is 37.8 Å². The lowest BCUT2D eigenvalue weighted by atomic mass is 9.84. The van der Waals surface area contributed by atoms with Crippen molar-refractivity contribution in [3.05, 3.63) is 0 Å². The second-order valence-electron chi connectivity index (χ2n) is 5.30. The largest absolute Gasteiger partial charge is 0.393 e. The molecule has 1 aliphatic rings. The zero-order valence-electron chi connectivity index (χ0n) is 11.0. The Hall–Kier alpha value is -0.0800. The van der Waals surface area contributed by atoms with E-state index < -0.39 is 0 Å². The summed E-state index contributed by atoms with van der Waals surface area (Å²) in [4.78, 5) is 0. The normalized spacial score (nSPS) is 27.9. The molecule has 1 rings (SSSR count). The highest BCUT2D eigenvalue weighted by Crippen LogP contribution is 2.26. The van der Waals surface area contributed by atoms with Gasteiger partial charge in [-0.1, -0.05) is 33.1 Å². The molecule has 3 atom stereocenters. The summed E-state index contributed by atoms with van der Waals surface area (Å²) in [5.41, 5.74) is 0. The monoisotopic (exact) mass is 227 g/mol. The number of hydrogen-bond acceptors (Lipinski definition) is 2. The van der Waals surface area contributed by atoms with Crippen molar-refractivity contribution in [2.75, 3.05) is 6.54 Å². The average molecular weight is 227 g/mol. The summed E-state index contributed by atoms with van der Waals surface area (Å²) >= 11 is 0. The first-order valence-electron chi connectivity index (χ1n) is 7.17. The lowest BCUT2D eigenvalue weighted by Gasteiger charge is -2.29. The van der Waals surface area contributed by atoms with E-state index in [-0.39, 0.29) is 6.10 Å². The van der Waals surface area contributed by atoms with E-state index in [1.165, 1.54) is 32.1 Å². The van der Waals surface area contributed by atoms with Gasteiger partial charge in [-0.05, 0) is 44.6 Å². The van der Waals surface area contributed by atoms with Gasteiger partial charge >= 0.3 is 0 Å². The van der Waals surface area contributed by atoms with Crippen LogP contribution in [0.4, 0.5) is 0 Å². The Morgan fingerprint density at radius 1 is 1.31 bits per heavy atom. The predicted octanol–water partition coefficient (Wildman–Crippen LogP) is 3.10. The molecule has 1 fully saturated rings. The van der Waals surface area contributed by atoms with Crippen LogP contribution in [0.5, 0.6) is 0 Å². The van der Waals surface area contributed by atoms with Gasteiger partial charge in [0.2, 0.25) is 0 Å². The minimum absolute atomic E-state index is 0.0865. The second-order valence-corrected chi connectivity index (χ2v) is 5.30. The van der Waals surface area contributed by atoms with Gasteiger partial charge in [0.25, 0.3) is 0 Å². The van der Waals surface area contributed by atoms with Crippen LogP contribution in [0.1, 0.15) is 65.2 Å². The summed E-state index contributed by atoms with van der Waals surface area (Å²) in [5, 5.41) is 13.1. The molecular weight excluding hydrogens is 198 g/mol. The minimum atomic E-state index is -0.0865. The topological polar surface area (TPSA) is 32.3 Å². The molecule has 0 heterocycles. The summed E-state index contributed by atoms with van der Waals surface area (Å²) in [6.45, 7) is 5.44. The highest BCUT2D eigenvalue weighted by Gasteiger charge is 2.19. The molecule has 0 amide bonds. The number of aliphatic hydroxyl groups is 1. The van der Waals surface area contributed by atoms with Crippen LogP contribution in [0.25, 0.3) is 0 Å². The summed E-state index contributed by atoms with van der Waals surface area (Å²) in [6.07, 6.45) is 9.76. The minimum Gasteiger partial charge on any atom is -0.393 e. The molecule has 16 heavy (non-hydrogen) atoms. The van der Waals surface area contributed by atoms with Gasteiger partial charge in [0, 0.05) is 6.04 Å². The molecule has 1 saturated carbocycles. The van der Waals surface area contributed by atoms with Crippen molar-refractivity contribution < 1.29 is 5.11 Å². The number of rotatable bonds is 7. The Balaban J connectivity index is 2.04. The van der Waals surface area contributed by atoms with Crippen molar-refractivity contribution in [2.24, 2.45) is 5.92 Å². The Kier molecular flexibility index (Phi) is 7.06. The maximum absolute atomic E-state index is 9.45. The Morgan fingerprint density at radius 2 is 2.12 bits per heavy atom. The van der Waals surface area contributed by atoms with Gasteiger partial charge < -0.3 is 10.4 Å². The third-order valence-electron chi connectivity index (χ3n) is 3.98. The van der Waals surface area contributed by atoms with Crippen molar-refractivity contribution in [1.82, 2.24) is 5.32 Å². The van der Waals surface area contributed by atoms with Gasteiger partial charge in [-0.3, -0.25) is 0 Å². The molecule has 2 nitrogen and oxygen atoms in total. The zero-order valence-corrected chi connectivity index (χ0v) is 11.0. The van der Waals surface area contributed by atoms with E-state index in [2.05, 4.69) is 12.2 Å². The van der Waals surface area contributed by atoms with Gasteiger partial charge in [-0.25, -0.2) is 0 Å². The van der Waals surface area contributed by atoms with Crippen LogP contribution in [0.3, 0.4) is 0 Å². The molecule has 0 aromatic carbocycles. The van der Waals surface area contributed by atoms with Crippen LogP contribution < -0.4 is 5.32 Å². The first kappa shape index (κ1) is 14.0. The van der Waals surface area contributed by atoms with Crippen LogP contribution in [0.15, 0.2) is 0 Å². The molecule has 0 spiro atoms. The van der Waals surface area contributed by atoms with E-state index in [9.17, 15) is 5.11 Å². The molecule has 96 valence electrons. The summed E-state index contributed by atoms with van der Waals surface area (Å²) in [6, 6.07) is 0.748. The zero-order chi connectivity index (χ0) is 11.8. The molecular formula is C14H29NO. The fourth-order valence-corrected chi connectivity index (χ4v) is 2.70. The molecule has 1 aliphatic carbocycles. The average Bonchev–Trinajstić information content (AvgIpc) is 2.34. The van der Waals surface area contributed by atoms with Gasteiger partial charge in [0.15, 0.2) is 0 Å². The fraction of sp³-hybridized carbons (Fsp3) is 1.00. The first-order chi connectivity index (χ1) is 7.76. The number of hydrogen-bond donors (Lipinski definition) is 2.